The summed E-state index contributed by atoms with van der Waals surface area (Å²) in [5.74, 6) is 0.271. The van der Waals surface area contributed by atoms with Crippen molar-refractivity contribution in [3.63, 3.8) is 0 Å². The Balaban J connectivity index is 1.54. The topological polar surface area (TPSA) is 80.3 Å². The van der Waals surface area contributed by atoms with Crippen LogP contribution in [0.15, 0.2) is 18.3 Å². The zero-order valence-electron chi connectivity index (χ0n) is 14.4. The summed E-state index contributed by atoms with van der Waals surface area (Å²) < 4.78 is 11.2. The van der Waals surface area contributed by atoms with Gasteiger partial charge in [-0.2, -0.15) is 4.98 Å². The second kappa shape index (κ2) is 6.67. The third-order valence-electron chi connectivity index (χ3n) is 3.86. The molecule has 0 unspecified atom stereocenters. The van der Waals surface area contributed by atoms with Crippen LogP contribution in [0.3, 0.4) is 0 Å². The fourth-order valence-corrected chi connectivity index (χ4v) is 2.78. The number of rotatable bonds is 3. The van der Waals surface area contributed by atoms with E-state index in [-0.39, 0.29) is 12.0 Å². The van der Waals surface area contributed by atoms with Crippen molar-refractivity contribution in [3.05, 3.63) is 18.3 Å². The molecule has 3 heterocycles. The molecule has 1 fully saturated rings. The molecule has 24 heavy (non-hydrogen) atoms. The summed E-state index contributed by atoms with van der Waals surface area (Å²) in [4.78, 5) is 25.5. The molecule has 0 saturated carbocycles. The Kier molecular flexibility index (Phi) is 4.59. The summed E-state index contributed by atoms with van der Waals surface area (Å²) in [7, 11) is 0. The van der Waals surface area contributed by atoms with E-state index in [1.165, 1.54) is 0 Å². The molecule has 1 atom stereocenters. The Bertz CT molecular complexity index is 674. The maximum absolute atomic E-state index is 12.2. The van der Waals surface area contributed by atoms with Crippen molar-refractivity contribution in [1.29, 1.82) is 0 Å². The molecular weight excluding hydrogens is 308 g/mol. The number of carbonyl (C=O) groups is 1. The number of aromatic amines is 1. The average molecular weight is 332 g/mol. The third-order valence-corrected chi connectivity index (χ3v) is 3.86. The molecule has 0 spiro atoms. The number of hydrogen-bond donors (Lipinski definition) is 1. The number of nitrogens with zero attached hydrogens (tertiary/aromatic N) is 3. The molecule has 3 rings (SSSR count). The molecule has 1 saturated heterocycles. The van der Waals surface area contributed by atoms with Crippen molar-refractivity contribution in [2.45, 2.75) is 39.2 Å². The highest BCUT2D eigenvalue weighted by atomic mass is 16.6. The highest BCUT2D eigenvalue weighted by Crippen LogP contribution is 2.21. The molecule has 0 radical (unpaired) electrons. The molecule has 0 bridgehead atoms. The minimum Gasteiger partial charge on any atom is -0.464 e. The van der Waals surface area contributed by atoms with Crippen LogP contribution in [0.5, 0.6) is 6.01 Å². The van der Waals surface area contributed by atoms with Gasteiger partial charge in [-0.25, -0.2) is 9.78 Å². The number of nitrogens with one attached hydrogen (secondary N) is 1. The van der Waals surface area contributed by atoms with Crippen LogP contribution in [0.25, 0.3) is 11.2 Å². The Morgan fingerprint density at radius 1 is 1.46 bits per heavy atom. The molecule has 1 N–H and O–H groups in total. The van der Waals surface area contributed by atoms with E-state index in [0.29, 0.717) is 24.8 Å². The quantitative estimate of drug-likeness (QED) is 0.934. The molecule has 0 aliphatic carbocycles. The minimum atomic E-state index is -0.470. The van der Waals surface area contributed by atoms with E-state index >= 15 is 0 Å². The van der Waals surface area contributed by atoms with Crippen LogP contribution in [0.1, 0.15) is 33.6 Å². The summed E-state index contributed by atoms with van der Waals surface area (Å²) in [5, 5.41) is 0. The van der Waals surface area contributed by atoms with Gasteiger partial charge >= 0.3 is 6.09 Å². The summed E-state index contributed by atoms with van der Waals surface area (Å²) in [5.41, 5.74) is 1.03. The summed E-state index contributed by atoms with van der Waals surface area (Å²) >= 11 is 0. The van der Waals surface area contributed by atoms with Gasteiger partial charge in [0, 0.05) is 25.2 Å². The highest BCUT2D eigenvalue weighted by Gasteiger charge is 2.28. The molecular formula is C17H24N4O3. The molecule has 1 aliphatic heterocycles. The number of hydrogen-bond acceptors (Lipinski definition) is 5. The molecule has 130 valence electrons. The minimum absolute atomic E-state index is 0.250. The second-order valence-electron chi connectivity index (χ2n) is 7.16. The lowest BCUT2D eigenvalue weighted by atomic mass is 9.99. The number of likely N-dealkylation sites (tertiary alicyclic amines) is 1. The Labute approximate surface area is 141 Å². The zero-order chi connectivity index (χ0) is 17.2. The fraction of sp³-hybridized carbons (Fsp3) is 0.588. The van der Waals surface area contributed by atoms with Crippen LogP contribution in [0.2, 0.25) is 0 Å². The van der Waals surface area contributed by atoms with E-state index in [9.17, 15) is 4.79 Å². The normalized spacial score (nSPS) is 18.6. The van der Waals surface area contributed by atoms with Gasteiger partial charge < -0.3 is 19.4 Å². The number of carbonyl (C=O) groups excluding carboxylic acids is 1. The predicted octanol–water partition coefficient (Wildman–Crippen LogP) is 2.98. The molecule has 2 aromatic heterocycles. The first-order chi connectivity index (χ1) is 11.4. The van der Waals surface area contributed by atoms with E-state index in [2.05, 4.69) is 15.0 Å². The lowest BCUT2D eigenvalue weighted by molar-refractivity contribution is 0.0137. The van der Waals surface area contributed by atoms with Crippen molar-refractivity contribution in [2.75, 3.05) is 19.7 Å². The van der Waals surface area contributed by atoms with E-state index in [0.717, 1.165) is 24.9 Å². The van der Waals surface area contributed by atoms with E-state index < -0.39 is 5.60 Å². The average Bonchev–Trinajstić information content (AvgIpc) is 2.94. The largest absolute Gasteiger partial charge is 0.464 e. The van der Waals surface area contributed by atoms with Crippen molar-refractivity contribution < 1.29 is 14.3 Å². The molecule has 1 aliphatic rings. The fourth-order valence-electron chi connectivity index (χ4n) is 2.78. The molecule has 1 amide bonds. The third kappa shape index (κ3) is 4.15. The Morgan fingerprint density at radius 2 is 2.29 bits per heavy atom. The molecule has 7 nitrogen and oxygen atoms in total. The second-order valence-corrected chi connectivity index (χ2v) is 7.16. The van der Waals surface area contributed by atoms with Gasteiger partial charge in [0.05, 0.1) is 12.1 Å². The lowest BCUT2D eigenvalue weighted by Gasteiger charge is -2.33. The number of piperidine rings is 1. The molecule has 0 aromatic carbocycles. The van der Waals surface area contributed by atoms with E-state index in [1.807, 2.05) is 32.9 Å². The summed E-state index contributed by atoms with van der Waals surface area (Å²) in [6.07, 6.45) is 3.43. The standard InChI is InChI=1S/C17H24N4O3/c1-17(2,3)24-16(22)21-9-5-6-12(10-21)11-23-15-19-13-7-4-8-18-14(13)20-15/h4,7-8,12H,5-6,9-11H2,1-3H3,(H,18,19,20)/t12-/m0/s1. The van der Waals surface area contributed by atoms with Gasteiger partial charge in [-0.3, -0.25) is 0 Å². The Morgan fingerprint density at radius 3 is 3.04 bits per heavy atom. The van der Waals surface area contributed by atoms with Crippen molar-refractivity contribution >= 4 is 17.3 Å². The number of aromatic nitrogens is 3. The maximum atomic E-state index is 12.2. The van der Waals surface area contributed by atoms with E-state index in [4.69, 9.17) is 9.47 Å². The van der Waals surface area contributed by atoms with Crippen LogP contribution >= 0.6 is 0 Å². The highest BCUT2D eigenvalue weighted by molar-refractivity contribution is 5.70. The molecule has 2 aromatic rings. The number of H-pyrrole nitrogens is 1. The van der Waals surface area contributed by atoms with Gasteiger partial charge in [-0.1, -0.05) is 0 Å². The number of ether oxygens (including phenoxy) is 2. The number of imidazole rings is 1. The first-order valence-electron chi connectivity index (χ1n) is 8.32. The maximum Gasteiger partial charge on any atom is 0.410 e. The van der Waals surface area contributed by atoms with E-state index in [1.54, 1.807) is 11.1 Å². The van der Waals surface area contributed by atoms with Gasteiger partial charge in [-0.05, 0) is 45.7 Å². The summed E-state index contributed by atoms with van der Waals surface area (Å²) in [6, 6.07) is 4.23. The van der Waals surface area contributed by atoms with Gasteiger partial charge in [-0.15, -0.1) is 0 Å². The van der Waals surface area contributed by atoms with Crippen LogP contribution < -0.4 is 4.74 Å². The van der Waals surface area contributed by atoms with Crippen molar-refractivity contribution in [1.82, 2.24) is 19.9 Å². The van der Waals surface area contributed by atoms with Crippen LogP contribution in [0, 0.1) is 5.92 Å². The SMILES string of the molecule is CC(C)(C)OC(=O)N1CCC[C@H](COc2nc3ncccc3[nH]2)C1. The van der Waals surface area contributed by atoms with Gasteiger partial charge in [0.25, 0.3) is 6.01 Å². The Hall–Kier alpha value is -2.31. The number of fused-ring (bicyclic) bond motifs is 1. The van der Waals surface area contributed by atoms with Gasteiger partial charge in [0.2, 0.25) is 0 Å². The lowest BCUT2D eigenvalue weighted by Crippen LogP contribution is -2.44. The van der Waals surface area contributed by atoms with Crippen LogP contribution in [-0.4, -0.2) is 51.2 Å². The zero-order valence-corrected chi connectivity index (χ0v) is 14.4. The van der Waals surface area contributed by atoms with Crippen molar-refractivity contribution in [2.24, 2.45) is 5.92 Å². The number of pyridine rings is 1. The van der Waals surface area contributed by atoms with Gasteiger partial charge in [0.15, 0.2) is 5.65 Å². The first-order valence-corrected chi connectivity index (χ1v) is 8.32. The summed E-state index contributed by atoms with van der Waals surface area (Å²) in [6.45, 7) is 7.54. The monoisotopic (exact) mass is 332 g/mol. The van der Waals surface area contributed by atoms with Crippen LogP contribution in [-0.2, 0) is 4.74 Å². The van der Waals surface area contributed by atoms with Crippen LogP contribution in [0.4, 0.5) is 4.79 Å². The smallest absolute Gasteiger partial charge is 0.410 e. The number of amides is 1. The molecule has 7 heteroatoms. The van der Waals surface area contributed by atoms with Crippen molar-refractivity contribution in [3.8, 4) is 6.01 Å². The van der Waals surface area contributed by atoms with Gasteiger partial charge in [0.1, 0.15) is 5.60 Å². The predicted molar refractivity (Wildman–Crippen MR) is 89.9 cm³/mol. The first kappa shape index (κ1) is 16.5.